The number of rotatable bonds is 2. The van der Waals surface area contributed by atoms with Crippen molar-refractivity contribution < 1.29 is 21.9 Å². The number of aliphatic hydroxyl groups is 2. The summed E-state index contributed by atoms with van der Waals surface area (Å²) >= 11 is 0. The third-order valence-corrected chi connectivity index (χ3v) is 8.36. The van der Waals surface area contributed by atoms with Crippen molar-refractivity contribution in [2.45, 2.75) is 77.6 Å². The van der Waals surface area contributed by atoms with Crippen molar-refractivity contribution in [3.05, 3.63) is 0 Å². The number of ketones is 1. The Hall–Kier alpha value is -0.410. The van der Waals surface area contributed by atoms with Crippen LogP contribution in [0.4, 0.5) is 0 Å². The number of aliphatic hydroxyl groups excluding tert-OH is 1. The van der Waals surface area contributed by atoms with E-state index in [1.54, 1.807) is 0 Å². The van der Waals surface area contributed by atoms with Gasteiger partial charge in [0, 0.05) is 11.4 Å². The van der Waals surface area contributed by atoms with E-state index in [0.717, 1.165) is 32.1 Å². The Kier molecular flexibility index (Phi) is 2.92. The van der Waals surface area contributed by atoms with Gasteiger partial charge in [0.05, 0.1) is 7.45 Å². The molecule has 0 aromatic rings. The summed E-state index contributed by atoms with van der Waals surface area (Å²) in [5.74, 6) is 0.0133. The Morgan fingerprint density at radius 1 is 1.12 bits per heavy atom. The fraction of sp³-hybridized carbons (Fsp3) is 0.952. The van der Waals surface area contributed by atoms with E-state index >= 15 is 0 Å². The highest BCUT2D eigenvalue weighted by Gasteiger charge is 2.60. The lowest BCUT2D eigenvalue weighted by Crippen LogP contribution is -2.54. The van der Waals surface area contributed by atoms with E-state index in [2.05, 4.69) is 6.92 Å². The average Bonchev–Trinajstić information content (AvgIpc) is 2.96. The highest BCUT2D eigenvalue weighted by Crippen LogP contribution is 2.67. The summed E-state index contributed by atoms with van der Waals surface area (Å²) in [7, 11) is 0. The van der Waals surface area contributed by atoms with Gasteiger partial charge < -0.3 is 10.2 Å². The first kappa shape index (κ1) is 12.1. The zero-order valence-corrected chi connectivity index (χ0v) is 14.8. The Balaban J connectivity index is 1.70. The Bertz CT molecular complexity index is 710. The second kappa shape index (κ2) is 5.81. The first-order valence-electron chi connectivity index (χ1n) is 12.1. The molecule has 24 heavy (non-hydrogen) atoms. The lowest BCUT2D eigenvalue weighted by molar-refractivity contribution is -0.141. The predicted octanol–water partition coefficient (Wildman–Crippen LogP) is 3.57. The molecule has 4 fully saturated rings. The lowest BCUT2D eigenvalue weighted by Gasteiger charge is -2.60. The van der Waals surface area contributed by atoms with E-state index in [9.17, 15) is 15.0 Å². The number of fused-ring (bicyclic) bond motifs is 5. The van der Waals surface area contributed by atoms with Gasteiger partial charge in [0.15, 0.2) is 5.78 Å². The molecule has 2 N–H and O–H groups in total. The van der Waals surface area contributed by atoms with Crippen LogP contribution in [0.15, 0.2) is 0 Å². The van der Waals surface area contributed by atoms with Crippen LogP contribution in [0.3, 0.4) is 0 Å². The molecule has 8 atom stereocenters. The number of Topliss-reactive ketones (excluding diaryl/α,β-unsaturated/α-hetero) is 1. The third kappa shape index (κ3) is 2.26. The quantitative estimate of drug-likeness (QED) is 0.808. The van der Waals surface area contributed by atoms with Gasteiger partial charge in [-0.05, 0) is 92.2 Å². The second-order valence-electron chi connectivity index (χ2n) is 9.16. The highest BCUT2D eigenvalue weighted by atomic mass is 16.3. The van der Waals surface area contributed by atoms with E-state index in [1.807, 2.05) is 6.92 Å². The zero-order chi connectivity index (χ0) is 21.6. The maximum Gasteiger partial charge on any atom is 0.161 e. The maximum atomic E-state index is 12.4. The molecule has 0 unspecified atom stereocenters. The molecule has 4 aliphatic carbocycles. The number of carbonyl (C=O) groups is 1. The molecule has 0 spiro atoms. The minimum Gasteiger partial charge on any atom is -0.393 e. The Morgan fingerprint density at radius 2 is 1.88 bits per heavy atom. The smallest absolute Gasteiger partial charge is 0.161 e. The van der Waals surface area contributed by atoms with Crippen LogP contribution in [0.5, 0.6) is 0 Å². The van der Waals surface area contributed by atoms with Gasteiger partial charge in [-0.25, -0.2) is 0 Å². The van der Waals surface area contributed by atoms with E-state index < -0.39 is 36.8 Å². The summed E-state index contributed by atoms with van der Waals surface area (Å²) in [5, 5.41) is 20.0. The van der Waals surface area contributed by atoms with E-state index in [1.165, 1.54) is 0 Å². The summed E-state index contributed by atoms with van der Waals surface area (Å²) in [6.07, 6.45) is -2.72. The fourth-order valence-electron chi connectivity index (χ4n) is 7.08. The molecule has 4 aliphatic rings. The summed E-state index contributed by atoms with van der Waals surface area (Å²) in [4.78, 5) is 12.4. The van der Waals surface area contributed by atoms with E-state index in [-0.39, 0.29) is 29.5 Å². The normalized spacial score (nSPS) is 64.2. The molecular weight excluding hydrogens is 300 g/mol. The minimum absolute atomic E-state index is 0.00617. The van der Waals surface area contributed by atoms with Gasteiger partial charge in [-0.2, -0.15) is 0 Å². The molecule has 3 heteroatoms. The first-order valence-corrected chi connectivity index (χ1v) is 9.60. The van der Waals surface area contributed by atoms with Crippen LogP contribution in [0, 0.1) is 40.4 Å². The average molecular weight is 340 g/mol. The lowest BCUT2D eigenvalue weighted by atomic mass is 9.44. The van der Waals surface area contributed by atoms with Crippen LogP contribution >= 0.6 is 0 Å². The summed E-state index contributed by atoms with van der Waals surface area (Å²) < 4.78 is 42.0. The predicted molar refractivity (Wildman–Crippen MR) is 93.3 cm³/mol. The highest BCUT2D eigenvalue weighted by molar-refractivity contribution is 5.83. The van der Waals surface area contributed by atoms with Crippen LogP contribution < -0.4 is 0 Å². The molecule has 0 heterocycles. The Labute approximate surface area is 153 Å². The number of carbonyl (C=O) groups excluding carboxylic acids is 1. The van der Waals surface area contributed by atoms with Crippen molar-refractivity contribution in [3.8, 4) is 0 Å². The number of hydrogen-bond acceptors (Lipinski definition) is 3. The molecular formula is C21H34O3. The van der Waals surface area contributed by atoms with Crippen molar-refractivity contribution in [2.24, 2.45) is 40.4 Å². The van der Waals surface area contributed by atoms with Crippen LogP contribution in [0.25, 0.3) is 0 Å². The monoisotopic (exact) mass is 339 g/mol. The molecule has 0 aliphatic heterocycles. The SMILES string of the molecule is [2H]C1([2H])C[C@]2(C)[C@H]3CC[C@]4(C)[C@@H](C(=O)CO)CC[C@H]4[C@@H]3CC[C@H]2C([2H])([2H])[C@]1([2H])O. The van der Waals surface area contributed by atoms with Crippen molar-refractivity contribution in [3.63, 3.8) is 0 Å². The molecule has 0 bridgehead atoms. The molecule has 0 saturated heterocycles. The molecule has 4 rings (SSSR count). The van der Waals surface area contributed by atoms with Crippen LogP contribution in [-0.2, 0) is 4.79 Å². The summed E-state index contributed by atoms with van der Waals surface area (Å²) in [6.45, 7) is 3.74. The van der Waals surface area contributed by atoms with Gasteiger partial charge in [0.2, 0.25) is 0 Å². The standard InChI is InChI=1S/C21H34O3/c1-20-9-7-14(23)11-13(20)3-4-15-16-5-6-18(19(24)12-22)21(16,2)10-8-17(15)20/h13-18,22-23H,3-12H2,1-2H3/t13-,14+,15-,16-,17-,18+,20-,21-/m0/s1/i7D2,11D2,14D. The molecule has 0 aromatic heterocycles. The topological polar surface area (TPSA) is 57.5 Å². The van der Waals surface area contributed by atoms with Crippen molar-refractivity contribution >= 4 is 5.78 Å². The summed E-state index contributed by atoms with van der Waals surface area (Å²) in [5.41, 5.74) is -0.767. The van der Waals surface area contributed by atoms with Crippen molar-refractivity contribution in [1.82, 2.24) is 0 Å². The molecule has 4 saturated carbocycles. The molecule has 3 nitrogen and oxygen atoms in total. The second-order valence-corrected chi connectivity index (χ2v) is 9.16. The van der Waals surface area contributed by atoms with Gasteiger partial charge in [-0.15, -0.1) is 0 Å². The molecule has 136 valence electrons. The van der Waals surface area contributed by atoms with Crippen LogP contribution in [-0.4, -0.2) is 28.7 Å². The van der Waals surface area contributed by atoms with Gasteiger partial charge in [-0.1, -0.05) is 13.8 Å². The molecule has 0 radical (unpaired) electrons. The van der Waals surface area contributed by atoms with Gasteiger partial charge in [0.25, 0.3) is 0 Å². The van der Waals surface area contributed by atoms with Crippen LogP contribution in [0.2, 0.25) is 0 Å². The number of hydrogen-bond donors (Lipinski definition) is 2. The maximum absolute atomic E-state index is 12.4. The minimum atomic E-state index is -2.76. The van der Waals surface area contributed by atoms with E-state index in [4.69, 9.17) is 6.85 Å². The fourth-order valence-corrected chi connectivity index (χ4v) is 7.08. The van der Waals surface area contributed by atoms with E-state index in [0.29, 0.717) is 18.3 Å². The first-order chi connectivity index (χ1) is 13.2. The zero-order valence-electron chi connectivity index (χ0n) is 19.8. The molecule has 0 amide bonds. The van der Waals surface area contributed by atoms with Gasteiger partial charge in [-0.3, -0.25) is 4.79 Å². The van der Waals surface area contributed by atoms with Crippen molar-refractivity contribution in [1.29, 1.82) is 0 Å². The molecule has 0 aromatic carbocycles. The van der Waals surface area contributed by atoms with Gasteiger partial charge >= 0.3 is 0 Å². The van der Waals surface area contributed by atoms with Crippen molar-refractivity contribution in [2.75, 3.05) is 6.61 Å². The largest absolute Gasteiger partial charge is 0.393 e. The third-order valence-electron chi connectivity index (χ3n) is 8.36. The van der Waals surface area contributed by atoms with Crippen LogP contribution in [0.1, 0.15) is 78.4 Å². The van der Waals surface area contributed by atoms with Gasteiger partial charge in [0.1, 0.15) is 6.61 Å². The summed E-state index contributed by atoms with van der Waals surface area (Å²) in [6, 6.07) is 0. The Morgan fingerprint density at radius 3 is 2.62 bits per heavy atom.